The summed E-state index contributed by atoms with van der Waals surface area (Å²) in [7, 11) is 1.61. The number of nitrogens with zero attached hydrogens (tertiary/aromatic N) is 4. The van der Waals surface area contributed by atoms with E-state index < -0.39 is 5.51 Å². The van der Waals surface area contributed by atoms with Crippen molar-refractivity contribution in [3.8, 4) is 6.01 Å². The zero-order valence-corrected chi connectivity index (χ0v) is 15.9. The van der Waals surface area contributed by atoms with Crippen LogP contribution >= 0.6 is 11.8 Å². The maximum atomic E-state index is 12.8. The van der Waals surface area contributed by atoms with Crippen LogP contribution in [0.2, 0.25) is 0 Å². The lowest BCUT2D eigenvalue weighted by Crippen LogP contribution is -2.09. The van der Waals surface area contributed by atoms with E-state index in [1.165, 1.54) is 24.6 Å². The molecule has 1 aliphatic rings. The van der Waals surface area contributed by atoms with E-state index in [-0.39, 0.29) is 40.3 Å². The van der Waals surface area contributed by atoms with E-state index in [1.807, 2.05) is 0 Å². The van der Waals surface area contributed by atoms with E-state index in [0.29, 0.717) is 0 Å². The molecule has 0 spiro atoms. The van der Waals surface area contributed by atoms with Crippen LogP contribution in [0.25, 0.3) is 0 Å². The highest BCUT2D eigenvalue weighted by Gasteiger charge is 2.30. The molecular weight excluding hydrogens is 393 g/mol. The van der Waals surface area contributed by atoms with Crippen LogP contribution in [0.4, 0.5) is 30.8 Å². The van der Waals surface area contributed by atoms with Crippen LogP contribution in [0.3, 0.4) is 0 Å². The van der Waals surface area contributed by atoms with Gasteiger partial charge < -0.3 is 15.5 Å². The van der Waals surface area contributed by atoms with Gasteiger partial charge in [-0.1, -0.05) is 23.7 Å². The minimum atomic E-state index is -4.41. The molecular formula is C17H19F3N6OS. The Labute approximate surface area is 164 Å². The van der Waals surface area contributed by atoms with Crippen molar-refractivity contribution in [2.75, 3.05) is 17.7 Å². The van der Waals surface area contributed by atoms with Crippen LogP contribution < -0.4 is 15.5 Å². The van der Waals surface area contributed by atoms with Gasteiger partial charge in [-0.25, -0.2) is 0 Å². The number of rotatable bonds is 6. The number of anilines is 3. The molecule has 0 unspecified atom stereocenters. The van der Waals surface area contributed by atoms with Crippen LogP contribution in [0.1, 0.15) is 32.1 Å². The first-order valence-corrected chi connectivity index (χ1v) is 9.53. The van der Waals surface area contributed by atoms with Crippen LogP contribution in [0, 0.1) is 0 Å². The molecule has 1 aromatic carbocycles. The molecule has 0 amide bonds. The van der Waals surface area contributed by atoms with Crippen molar-refractivity contribution >= 4 is 35.1 Å². The van der Waals surface area contributed by atoms with Crippen molar-refractivity contribution in [3.05, 3.63) is 24.3 Å². The molecule has 2 aromatic rings. The lowest BCUT2D eigenvalue weighted by molar-refractivity contribution is -0.0327. The smallest absolute Gasteiger partial charge is 0.357 e. The van der Waals surface area contributed by atoms with E-state index in [0.717, 1.165) is 31.4 Å². The van der Waals surface area contributed by atoms with Crippen molar-refractivity contribution in [2.45, 2.75) is 42.5 Å². The summed E-state index contributed by atoms with van der Waals surface area (Å²) in [5.74, 6) is 0.255. The van der Waals surface area contributed by atoms with Gasteiger partial charge in [-0.05, 0) is 49.6 Å². The third-order valence-corrected chi connectivity index (χ3v) is 4.69. The minimum Gasteiger partial charge on any atom is -0.357 e. The van der Waals surface area contributed by atoms with Gasteiger partial charge >= 0.3 is 11.5 Å². The number of nitrogens with one attached hydrogen (secondary N) is 2. The van der Waals surface area contributed by atoms with Crippen molar-refractivity contribution in [1.82, 2.24) is 15.0 Å². The zero-order valence-electron chi connectivity index (χ0n) is 15.1. The molecule has 0 aliphatic heterocycles. The first-order valence-electron chi connectivity index (χ1n) is 8.71. The average molecular weight is 412 g/mol. The van der Waals surface area contributed by atoms with Gasteiger partial charge in [-0.15, -0.1) is 0 Å². The van der Waals surface area contributed by atoms with Crippen LogP contribution in [-0.4, -0.2) is 33.2 Å². The first kappa shape index (κ1) is 20.2. The number of para-hydroxylation sites is 1. The molecule has 1 aromatic heterocycles. The molecule has 0 saturated heterocycles. The highest BCUT2D eigenvalue weighted by atomic mass is 32.2. The van der Waals surface area contributed by atoms with Gasteiger partial charge in [0.25, 0.3) is 0 Å². The summed E-state index contributed by atoms with van der Waals surface area (Å²) in [5.41, 5.74) is -3.24. The molecule has 7 nitrogen and oxygen atoms in total. The Bertz CT molecular complexity index is 838. The fraction of sp³-hybridized carbons (Fsp3) is 0.412. The highest BCUT2D eigenvalue weighted by molar-refractivity contribution is 8.00. The van der Waals surface area contributed by atoms with Gasteiger partial charge in [0.15, 0.2) is 0 Å². The summed E-state index contributed by atoms with van der Waals surface area (Å²) in [4.78, 5) is 17.6. The minimum absolute atomic E-state index is 0.00587. The predicted molar refractivity (Wildman–Crippen MR) is 102 cm³/mol. The second kappa shape index (κ2) is 9.09. The van der Waals surface area contributed by atoms with Gasteiger partial charge in [0, 0.05) is 11.9 Å². The van der Waals surface area contributed by atoms with Gasteiger partial charge in [0.05, 0.1) is 11.4 Å². The molecule has 2 N–H and O–H groups in total. The van der Waals surface area contributed by atoms with E-state index in [4.69, 9.17) is 4.84 Å². The summed E-state index contributed by atoms with van der Waals surface area (Å²) in [6.07, 6.45) is 5.07. The monoisotopic (exact) mass is 412 g/mol. The van der Waals surface area contributed by atoms with Crippen molar-refractivity contribution in [2.24, 2.45) is 5.16 Å². The quantitative estimate of drug-likeness (QED) is 0.512. The maximum Gasteiger partial charge on any atom is 0.446 e. The number of oxime groups is 1. The number of aromatic nitrogens is 3. The second-order valence-electron chi connectivity index (χ2n) is 5.99. The number of hydrogen-bond acceptors (Lipinski definition) is 8. The zero-order chi connectivity index (χ0) is 20.0. The molecule has 0 bridgehead atoms. The van der Waals surface area contributed by atoms with Crippen LogP contribution in [0.15, 0.2) is 34.3 Å². The van der Waals surface area contributed by atoms with Gasteiger partial charge in [-0.2, -0.15) is 28.1 Å². The number of benzene rings is 1. The lowest BCUT2D eigenvalue weighted by atomic mass is 9.99. The standard InChI is InChI=1S/C17H19F3N6OS/c1-21-14-23-15(22-12-9-5-6-10-13(12)28-17(18,19)20)25-16(24-14)27-26-11-7-3-2-4-8-11/h5-6,9-10H,2-4,7-8H2,1H3,(H2,21,22,23,24,25). The van der Waals surface area contributed by atoms with Crippen LogP contribution in [-0.2, 0) is 0 Å². The largest absolute Gasteiger partial charge is 0.446 e. The fourth-order valence-electron chi connectivity index (χ4n) is 2.63. The molecule has 11 heteroatoms. The van der Waals surface area contributed by atoms with Gasteiger partial charge in [0.2, 0.25) is 11.9 Å². The molecule has 1 aliphatic carbocycles. The highest BCUT2D eigenvalue weighted by Crippen LogP contribution is 2.40. The first-order chi connectivity index (χ1) is 13.4. The predicted octanol–water partition coefficient (Wildman–Crippen LogP) is 4.97. The molecule has 1 heterocycles. The molecule has 0 atom stereocenters. The van der Waals surface area contributed by atoms with Gasteiger partial charge in [0.1, 0.15) is 0 Å². The molecule has 150 valence electrons. The Hall–Kier alpha value is -2.56. The Balaban J connectivity index is 1.80. The molecule has 0 radical (unpaired) electrons. The topological polar surface area (TPSA) is 84.3 Å². The van der Waals surface area contributed by atoms with Crippen molar-refractivity contribution < 1.29 is 18.0 Å². The van der Waals surface area contributed by atoms with Gasteiger partial charge in [-0.3, -0.25) is 0 Å². The Morgan fingerprint density at radius 3 is 2.46 bits per heavy atom. The third kappa shape index (κ3) is 5.98. The van der Waals surface area contributed by atoms with E-state index in [2.05, 4.69) is 30.7 Å². The van der Waals surface area contributed by atoms with Crippen molar-refractivity contribution in [1.29, 1.82) is 0 Å². The Morgan fingerprint density at radius 1 is 1.04 bits per heavy atom. The molecule has 1 fully saturated rings. The maximum absolute atomic E-state index is 12.8. The number of alkyl halides is 3. The summed E-state index contributed by atoms with van der Waals surface area (Å²) >= 11 is -0.213. The fourth-order valence-corrected chi connectivity index (χ4v) is 3.25. The summed E-state index contributed by atoms with van der Waals surface area (Å²) in [5, 5.41) is 9.66. The summed E-state index contributed by atoms with van der Waals surface area (Å²) < 4.78 is 38.3. The number of halogens is 3. The van der Waals surface area contributed by atoms with Crippen LogP contribution in [0.5, 0.6) is 6.01 Å². The van der Waals surface area contributed by atoms with E-state index >= 15 is 0 Å². The third-order valence-electron chi connectivity index (χ3n) is 3.88. The molecule has 3 rings (SSSR count). The average Bonchev–Trinajstić information content (AvgIpc) is 2.67. The van der Waals surface area contributed by atoms with Crippen molar-refractivity contribution in [3.63, 3.8) is 0 Å². The van der Waals surface area contributed by atoms with E-state index in [9.17, 15) is 13.2 Å². The second-order valence-corrected chi connectivity index (χ2v) is 7.10. The number of thioether (sulfide) groups is 1. The number of hydrogen-bond donors (Lipinski definition) is 2. The van der Waals surface area contributed by atoms with E-state index in [1.54, 1.807) is 13.1 Å². The normalized spacial score (nSPS) is 14.5. The molecule has 28 heavy (non-hydrogen) atoms. The lowest BCUT2D eigenvalue weighted by Gasteiger charge is -2.13. The summed E-state index contributed by atoms with van der Waals surface area (Å²) in [6.45, 7) is 0. The molecule has 1 saturated carbocycles. The Kier molecular flexibility index (Phi) is 6.55. The summed E-state index contributed by atoms with van der Waals surface area (Å²) in [6, 6.07) is 5.99. The SMILES string of the molecule is CNc1nc(Nc2ccccc2SC(F)(F)F)nc(ON=C2CCCCC2)n1. The Morgan fingerprint density at radius 2 is 1.75 bits per heavy atom.